The highest BCUT2D eigenvalue weighted by atomic mass is 19.1. The third kappa shape index (κ3) is 2.25. The smallest absolute Gasteiger partial charge is 0.338 e. The van der Waals surface area contributed by atoms with Crippen LogP contribution < -0.4 is 11.1 Å². The number of anilines is 2. The lowest BCUT2D eigenvalue weighted by molar-refractivity contribution is 0.0692. The molecular formula is C14H17FN2O2. The maximum Gasteiger partial charge on any atom is 0.338 e. The molecule has 0 amide bonds. The Morgan fingerprint density at radius 3 is 2.68 bits per heavy atom. The number of aromatic carboxylic acids is 1. The van der Waals surface area contributed by atoms with E-state index in [4.69, 9.17) is 10.8 Å². The van der Waals surface area contributed by atoms with E-state index in [0.29, 0.717) is 11.1 Å². The fourth-order valence-electron chi connectivity index (χ4n) is 2.76. The minimum absolute atomic E-state index is 0.283. The van der Waals surface area contributed by atoms with Gasteiger partial charge in [-0.3, -0.25) is 0 Å². The molecule has 0 saturated heterocycles. The maximum atomic E-state index is 13.6. The lowest BCUT2D eigenvalue weighted by Gasteiger charge is -2.17. The fourth-order valence-corrected chi connectivity index (χ4v) is 2.76. The molecule has 19 heavy (non-hydrogen) atoms. The fraction of sp³-hybridized carbons (Fsp3) is 0.500. The predicted octanol–water partition coefficient (Wildman–Crippen LogP) is 2.71. The van der Waals surface area contributed by atoms with Crippen LogP contribution in [0.25, 0.3) is 0 Å². The molecule has 2 aliphatic rings. The van der Waals surface area contributed by atoms with E-state index in [0.717, 1.165) is 12.5 Å². The molecule has 0 bridgehead atoms. The first kappa shape index (κ1) is 12.3. The van der Waals surface area contributed by atoms with Gasteiger partial charge in [-0.2, -0.15) is 0 Å². The molecule has 4 N–H and O–H groups in total. The first-order valence-electron chi connectivity index (χ1n) is 6.58. The predicted molar refractivity (Wildman–Crippen MR) is 70.7 cm³/mol. The van der Waals surface area contributed by atoms with E-state index in [-0.39, 0.29) is 11.3 Å². The number of benzene rings is 1. The molecule has 0 aromatic heterocycles. The Balaban J connectivity index is 1.74. The van der Waals surface area contributed by atoms with Crippen LogP contribution >= 0.6 is 0 Å². The first-order chi connectivity index (χ1) is 9.02. The van der Waals surface area contributed by atoms with Crippen LogP contribution in [-0.4, -0.2) is 17.6 Å². The van der Waals surface area contributed by atoms with Gasteiger partial charge in [-0.15, -0.1) is 0 Å². The summed E-state index contributed by atoms with van der Waals surface area (Å²) in [7, 11) is 0. The first-order valence-corrected chi connectivity index (χ1v) is 6.58. The van der Waals surface area contributed by atoms with Crippen LogP contribution in [0.2, 0.25) is 0 Å². The minimum atomic E-state index is -1.30. The van der Waals surface area contributed by atoms with Gasteiger partial charge in [0.1, 0.15) is 5.82 Å². The molecule has 2 saturated carbocycles. The highest BCUT2D eigenvalue weighted by Gasteiger charge is 2.53. The van der Waals surface area contributed by atoms with Gasteiger partial charge in [-0.25, -0.2) is 9.18 Å². The molecule has 2 fully saturated rings. The SMILES string of the molecule is Nc1cc(C(=O)O)c(F)cc1NCC1(C2CC2)CC1. The van der Waals surface area contributed by atoms with Crippen molar-refractivity contribution >= 4 is 17.3 Å². The minimum Gasteiger partial charge on any atom is -0.478 e. The Kier molecular flexibility index (Phi) is 2.66. The van der Waals surface area contributed by atoms with E-state index in [1.165, 1.54) is 37.8 Å². The van der Waals surface area contributed by atoms with Crippen LogP contribution in [0.15, 0.2) is 12.1 Å². The normalized spacial score (nSPS) is 20.1. The number of hydrogen-bond donors (Lipinski definition) is 3. The summed E-state index contributed by atoms with van der Waals surface area (Å²) in [5, 5.41) is 12.0. The third-order valence-electron chi connectivity index (χ3n) is 4.34. The molecule has 0 radical (unpaired) electrons. The van der Waals surface area contributed by atoms with Gasteiger partial charge in [0.05, 0.1) is 16.9 Å². The molecule has 1 aromatic carbocycles. The molecule has 3 rings (SSSR count). The summed E-state index contributed by atoms with van der Waals surface area (Å²) in [4.78, 5) is 10.8. The Labute approximate surface area is 110 Å². The van der Waals surface area contributed by atoms with Crippen LogP contribution in [0.5, 0.6) is 0 Å². The Morgan fingerprint density at radius 1 is 1.47 bits per heavy atom. The van der Waals surface area contributed by atoms with E-state index >= 15 is 0 Å². The topological polar surface area (TPSA) is 75.4 Å². The molecule has 0 aliphatic heterocycles. The number of nitrogens with one attached hydrogen (secondary N) is 1. The molecule has 1 aromatic rings. The number of carboxylic acid groups (broad SMARTS) is 1. The summed E-state index contributed by atoms with van der Waals surface area (Å²) in [6.45, 7) is 0.799. The maximum absolute atomic E-state index is 13.6. The van der Waals surface area contributed by atoms with Crippen LogP contribution in [0.1, 0.15) is 36.0 Å². The van der Waals surface area contributed by atoms with Crippen molar-refractivity contribution in [3.63, 3.8) is 0 Å². The number of nitrogens with two attached hydrogens (primary N) is 1. The summed E-state index contributed by atoms with van der Waals surface area (Å²) in [5.41, 5.74) is 6.55. The van der Waals surface area contributed by atoms with E-state index in [9.17, 15) is 9.18 Å². The number of rotatable bonds is 5. The quantitative estimate of drug-likeness (QED) is 0.715. The Morgan fingerprint density at radius 2 is 2.16 bits per heavy atom. The molecular weight excluding hydrogens is 247 g/mol. The van der Waals surface area contributed by atoms with Gasteiger partial charge in [0.15, 0.2) is 0 Å². The van der Waals surface area contributed by atoms with Crippen LogP contribution in [0.3, 0.4) is 0 Å². The van der Waals surface area contributed by atoms with E-state index < -0.39 is 11.8 Å². The molecule has 4 nitrogen and oxygen atoms in total. The molecule has 0 atom stereocenters. The van der Waals surface area contributed by atoms with Gasteiger partial charge >= 0.3 is 5.97 Å². The third-order valence-corrected chi connectivity index (χ3v) is 4.34. The largest absolute Gasteiger partial charge is 0.478 e. The number of carbonyl (C=O) groups is 1. The molecule has 0 unspecified atom stereocenters. The van der Waals surface area contributed by atoms with E-state index in [2.05, 4.69) is 5.32 Å². The second kappa shape index (κ2) is 4.11. The number of carboxylic acids is 1. The molecule has 0 spiro atoms. The van der Waals surface area contributed by atoms with Gasteiger partial charge in [0, 0.05) is 6.54 Å². The van der Waals surface area contributed by atoms with Crippen molar-refractivity contribution in [1.82, 2.24) is 0 Å². The van der Waals surface area contributed by atoms with Gasteiger partial charge in [0.25, 0.3) is 0 Å². The summed E-state index contributed by atoms with van der Waals surface area (Å²) in [5.74, 6) is -1.24. The van der Waals surface area contributed by atoms with Gasteiger partial charge in [-0.05, 0) is 49.1 Å². The van der Waals surface area contributed by atoms with Crippen molar-refractivity contribution in [1.29, 1.82) is 0 Å². The second-order valence-electron chi connectivity index (χ2n) is 5.71. The van der Waals surface area contributed by atoms with E-state index in [1.54, 1.807) is 0 Å². The Hall–Kier alpha value is -1.78. The Bertz CT molecular complexity index is 536. The lowest BCUT2D eigenvalue weighted by Crippen LogP contribution is -2.18. The van der Waals surface area contributed by atoms with Crippen molar-refractivity contribution in [2.45, 2.75) is 25.7 Å². The number of nitrogen functional groups attached to an aromatic ring is 1. The van der Waals surface area contributed by atoms with Gasteiger partial charge in [0.2, 0.25) is 0 Å². The van der Waals surface area contributed by atoms with Crippen molar-refractivity contribution in [2.75, 3.05) is 17.6 Å². The van der Waals surface area contributed by atoms with Crippen molar-refractivity contribution < 1.29 is 14.3 Å². The summed E-state index contributed by atoms with van der Waals surface area (Å²) >= 11 is 0. The van der Waals surface area contributed by atoms with Crippen molar-refractivity contribution in [3.8, 4) is 0 Å². The summed E-state index contributed by atoms with van der Waals surface area (Å²) < 4.78 is 13.6. The number of hydrogen-bond acceptors (Lipinski definition) is 3. The zero-order chi connectivity index (χ0) is 13.6. The van der Waals surface area contributed by atoms with E-state index in [1.807, 2.05) is 0 Å². The van der Waals surface area contributed by atoms with Gasteiger partial charge < -0.3 is 16.2 Å². The molecule has 5 heteroatoms. The highest BCUT2D eigenvalue weighted by molar-refractivity contribution is 5.90. The average Bonchev–Trinajstić information content (AvgIpc) is 3.22. The monoisotopic (exact) mass is 264 g/mol. The zero-order valence-corrected chi connectivity index (χ0v) is 10.6. The average molecular weight is 264 g/mol. The molecule has 0 heterocycles. The van der Waals surface area contributed by atoms with Crippen LogP contribution in [-0.2, 0) is 0 Å². The van der Waals surface area contributed by atoms with Crippen molar-refractivity contribution in [2.24, 2.45) is 11.3 Å². The van der Waals surface area contributed by atoms with Crippen LogP contribution in [0, 0.1) is 17.2 Å². The second-order valence-corrected chi connectivity index (χ2v) is 5.71. The van der Waals surface area contributed by atoms with Gasteiger partial charge in [-0.1, -0.05) is 0 Å². The summed E-state index contributed by atoms with van der Waals surface area (Å²) in [6.07, 6.45) is 5.04. The molecule has 2 aliphatic carbocycles. The molecule has 102 valence electrons. The highest BCUT2D eigenvalue weighted by Crippen LogP contribution is 2.61. The lowest BCUT2D eigenvalue weighted by atomic mass is 10.0. The number of halogens is 1. The zero-order valence-electron chi connectivity index (χ0n) is 10.6. The summed E-state index contributed by atoms with van der Waals surface area (Å²) in [6, 6.07) is 2.36. The standard InChI is InChI=1S/C14H17FN2O2/c15-10-6-12(11(16)5-9(10)13(18)19)17-7-14(3-4-14)8-1-2-8/h5-6,8,17H,1-4,7,16H2,(H,18,19). The van der Waals surface area contributed by atoms with Crippen molar-refractivity contribution in [3.05, 3.63) is 23.5 Å². The van der Waals surface area contributed by atoms with Crippen LogP contribution in [0.4, 0.5) is 15.8 Å².